The minimum Gasteiger partial charge on any atom is -0.480 e. The highest BCUT2D eigenvalue weighted by Gasteiger charge is 2.41. The monoisotopic (exact) mass is 398 g/mol. The van der Waals surface area contributed by atoms with E-state index in [1.54, 1.807) is 0 Å². The van der Waals surface area contributed by atoms with Crippen molar-refractivity contribution in [1.29, 1.82) is 0 Å². The van der Waals surface area contributed by atoms with E-state index in [0.717, 1.165) is 29.2 Å². The van der Waals surface area contributed by atoms with Crippen LogP contribution >= 0.6 is 0 Å². The van der Waals surface area contributed by atoms with E-state index in [0.29, 0.717) is 4.31 Å². The van der Waals surface area contributed by atoms with E-state index in [9.17, 15) is 36.3 Å². The fourth-order valence-corrected chi connectivity index (χ4v) is 3.94. The van der Waals surface area contributed by atoms with Gasteiger partial charge in [-0.05, 0) is 24.3 Å². The number of amides is 1. The van der Waals surface area contributed by atoms with E-state index in [2.05, 4.69) is 4.74 Å². The number of ether oxygens (including phenoxy) is 1. The number of sulfonamides is 1. The van der Waals surface area contributed by atoms with E-state index >= 15 is 0 Å². The van der Waals surface area contributed by atoms with E-state index in [1.165, 1.54) is 0 Å². The molecule has 0 radical (unpaired) electrons. The van der Waals surface area contributed by atoms with Crippen molar-refractivity contribution < 1.29 is 46.1 Å². The third-order valence-electron chi connectivity index (χ3n) is 3.55. The summed E-state index contributed by atoms with van der Waals surface area (Å²) in [4.78, 5) is 22.6. The van der Waals surface area contributed by atoms with Crippen LogP contribution in [0.1, 0.15) is 0 Å². The Hall–Kier alpha value is -2.54. The molecule has 0 spiro atoms. The minimum absolute atomic E-state index is 0.242. The van der Waals surface area contributed by atoms with Gasteiger partial charge in [-0.3, -0.25) is 4.79 Å². The van der Waals surface area contributed by atoms with Crippen LogP contribution in [0.5, 0.6) is 5.75 Å². The van der Waals surface area contributed by atoms with Gasteiger partial charge in [0.05, 0.1) is 11.4 Å². The minimum atomic E-state index is -4.94. The summed E-state index contributed by atoms with van der Waals surface area (Å²) in [5, 5.41) is 18.1. The molecule has 9 nitrogen and oxygen atoms in total. The van der Waals surface area contributed by atoms with Crippen molar-refractivity contribution in [3.05, 3.63) is 24.3 Å². The summed E-state index contributed by atoms with van der Waals surface area (Å²) >= 11 is 0. The highest BCUT2D eigenvalue weighted by molar-refractivity contribution is 7.89. The van der Waals surface area contributed by atoms with E-state index in [4.69, 9.17) is 5.11 Å². The summed E-state index contributed by atoms with van der Waals surface area (Å²) in [7, 11) is -4.37. The van der Waals surface area contributed by atoms with Gasteiger partial charge in [0.1, 0.15) is 11.8 Å². The van der Waals surface area contributed by atoms with Crippen LogP contribution < -0.4 is 4.74 Å². The molecule has 1 fully saturated rings. The Bertz CT molecular complexity index is 795. The molecule has 1 saturated heterocycles. The predicted octanol–water partition coefficient (Wildman–Crippen LogP) is 1.02. The Labute approximate surface area is 145 Å². The Morgan fingerprint density at radius 2 is 1.69 bits per heavy atom. The number of carbonyl (C=O) groups is 2. The number of alkyl halides is 3. The molecular formula is C13H13F3N2O7S. The average molecular weight is 398 g/mol. The number of halogens is 3. The maximum absolute atomic E-state index is 12.6. The lowest BCUT2D eigenvalue weighted by Crippen LogP contribution is -2.59. The van der Waals surface area contributed by atoms with Crippen molar-refractivity contribution in [2.24, 2.45) is 0 Å². The standard InChI is InChI=1S/C13H13F3N2O7S/c14-13(15,16)25-8-1-3-9(4-2-8)26(23,24)18-6-5-17(12(21)22)7-10(18)11(19)20/h1-4,10H,5-7H2,(H,19,20)(H,21,22)/t10-/m1/s1. The summed E-state index contributed by atoms with van der Waals surface area (Å²) in [6, 6.07) is 1.60. The van der Waals surface area contributed by atoms with Crippen LogP contribution in [0.4, 0.5) is 18.0 Å². The van der Waals surface area contributed by atoms with Gasteiger partial charge in [-0.2, -0.15) is 4.31 Å². The number of aliphatic carboxylic acids is 1. The molecule has 0 aliphatic carbocycles. The van der Waals surface area contributed by atoms with Gasteiger partial charge in [-0.1, -0.05) is 0 Å². The van der Waals surface area contributed by atoms with Crippen LogP contribution in [0.15, 0.2) is 29.2 Å². The quantitative estimate of drug-likeness (QED) is 0.776. The first kappa shape index (κ1) is 19.8. The van der Waals surface area contributed by atoms with Gasteiger partial charge in [-0.25, -0.2) is 13.2 Å². The lowest BCUT2D eigenvalue weighted by molar-refractivity contribution is -0.274. The average Bonchev–Trinajstić information content (AvgIpc) is 2.53. The molecule has 2 rings (SSSR count). The van der Waals surface area contributed by atoms with Crippen molar-refractivity contribution in [1.82, 2.24) is 9.21 Å². The fourth-order valence-electron chi connectivity index (χ4n) is 2.38. The van der Waals surface area contributed by atoms with Crippen molar-refractivity contribution in [2.45, 2.75) is 17.3 Å². The maximum Gasteiger partial charge on any atom is 0.573 e. The van der Waals surface area contributed by atoms with E-state index in [1.807, 2.05) is 0 Å². The second-order valence-electron chi connectivity index (χ2n) is 5.22. The highest BCUT2D eigenvalue weighted by Crippen LogP contribution is 2.26. The zero-order valence-electron chi connectivity index (χ0n) is 12.9. The molecule has 1 aromatic rings. The number of benzene rings is 1. The topological polar surface area (TPSA) is 124 Å². The smallest absolute Gasteiger partial charge is 0.480 e. The van der Waals surface area contributed by atoms with Crippen LogP contribution in [0.2, 0.25) is 0 Å². The Morgan fingerprint density at radius 1 is 1.12 bits per heavy atom. The number of piperazine rings is 1. The molecule has 13 heteroatoms. The first-order valence-electron chi connectivity index (χ1n) is 7.00. The molecule has 1 atom stereocenters. The number of nitrogens with zero attached hydrogens (tertiary/aromatic N) is 2. The third kappa shape index (κ3) is 4.35. The first-order chi connectivity index (χ1) is 11.9. The second kappa shape index (κ2) is 6.99. The predicted molar refractivity (Wildman–Crippen MR) is 78.0 cm³/mol. The molecule has 2 N–H and O–H groups in total. The van der Waals surface area contributed by atoms with Crippen LogP contribution in [0, 0.1) is 0 Å². The van der Waals surface area contributed by atoms with Crippen molar-refractivity contribution in [2.75, 3.05) is 19.6 Å². The van der Waals surface area contributed by atoms with Crippen molar-refractivity contribution >= 4 is 22.1 Å². The molecule has 0 saturated carbocycles. The van der Waals surface area contributed by atoms with Gasteiger partial charge < -0.3 is 19.8 Å². The Kier molecular flexibility index (Phi) is 5.32. The zero-order valence-corrected chi connectivity index (χ0v) is 13.7. The first-order valence-corrected chi connectivity index (χ1v) is 8.44. The van der Waals surface area contributed by atoms with E-state index in [-0.39, 0.29) is 6.54 Å². The molecule has 26 heavy (non-hydrogen) atoms. The largest absolute Gasteiger partial charge is 0.573 e. The Balaban J connectivity index is 2.28. The molecular weight excluding hydrogens is 385 g/mol. The number of carboxylic acid groups (broad SMARTS) is 2. The van der Waals surface area contributed by atoms with Gasteiger partial charge in [0.15, 0.2) is 0 Å². The van der Waals surface area contributed by atoms with Crippen molar-refractivity contribution in [3.8, 4) is 5.75 Å². The molecule has 0 bridgehead atoms. The van der Waals surface area contributed by atoms with Gasteiger partial charge in [0.2, 0.25) is 10.0 Å². The molecule has 0 aromatic heterocycles. The summed E-state index contributed by atoms with van der Waals surface area (Å²) in [6.45, 7) is -1.22. The normalized spacial score (nSPS) is 19.2. The van der Waals surface area contributed by atoms with Crippen LogP contribution in [0.3, 0.4) is 0 Å². The molecule has 1 aromatic carbocycles. The molecule has 144 valence electrons. The molecule has 1 aliphatic heterocycles. The summed E-state index contributed by atoms with van der Waals surface area (Å²) in [5.41, 5.74) is 0. The fraction of sp³-hybridized carbons (Fsp3) is 0.385. The van der Waals surface area contributed by atoms with Gasteiger partial charge in [-0.15, -0.1) is 13.2 Å². The lowest BCUT2D eigenvalue weighted by atomic mass is 10.2. The van der Waals surface area contributed by atoms with Crippen LogP contribution in [-0.2, 0) is 14.8 Å². The second-order valence-corrected chi connectivity index (χ2v) is 7.11. The lowest BCUT2D eigenvalue weighted by Gasteiger charge is -2.37. The molecule has 1 heterocycles. The third-order valence-corrected chi connectivity index (χ3v) is 5.47. The number of hydrogen-bond donors (Lipinski definition) is 2. The SMILES string of the molecule is O=C(O)[C@H]1CN(C(=O)O)CCN1S(=O)(=O)c1ccc(OC(F)(F)F)cc1. The number of carboxylic acids is 1. The molecule has 0 unspecified atom stereocenters. The zero-order chi connectivity index (χ0) is 19.7. The molecule has 1 amide bonds. The number of hydrogen-bond acceptors (Lipinski definition) is 5. The highest BCUT2D eigenvalue weighted by atomic mass is 32.2. The maximum atomic E-state index is 12.6. The summed E-state index contributed by atoms with van der Waals surface area (Å²) in [6.07, 6.45) is -6.33. The van der Waals surface area contributed by atoms with E-state index < -0.39 is 58.2 Å². The Morgan fingerprint density at radius 3 is 2.15 bits per heavy atom. The summed E-state index contributed by atoms with van der Waals surface area (Å²) < 4.78 is 65.9. The van der Waals surface area contributed by atoms with Gasteiger partial charge in [0.25, 0.3) is 0 Å². The summed E-state index contributed by atoms with van der Waals surface area (Å²) in [5.74, 6) is -2.18. The van der Waals surface area contributed by atoms with Crippen LogP contribution in [-0.4, -0.2) is 71.9 Å². The molecule has 1 aliphatic rings. The van der Waals surface area contributed by atoms with Crippen LogP contribution in [0.25, 0.3) is 0 Å². The number of rotatable bonds is 4. The van der Waals surface area contributed by atoms with Crippen molar-refractivity contribution in [3.63, 3.8) is 0 Å². The van der Waals surface area contributed by atoms with Gasteiger partial charge in [0, 0.05) is 13.1 Å². The van der Waals surface area contributed by atoms with Gasteiger partial charge >= 0.3 is 18.4 Å².